The molecule has 2 aromatic rings. The summed E-state index contributed by atoms with van der Waals surface area (Å²) in [5, 5.41) is 3.16. The fourth-order valence-electron chi connectivity index (χ4n) is 1.68. The Labute approximate surface area is 118 Å². The summed E-state index contributed by atoms with van der Waals surface area (Å²) in [6.45, 7) is 7.31. The van der Waals surface area contributed by atoms with Crippen molar-refractivity contribution in [2.24, 2.45) is 0 Å². The van der Waals surface area contributed by atoms with Gasteiger partial charge in [0.1, 0.15) is 0 Å². The van der Waals surface area contributed by atoms with Crippen LogP contribution in [-0.2, 0) is 0 Å². The summed E-state index contributed by atoms with van der Waals surface area (Å²) < 4.78 is 5.41. The van der Waals surface area contributed by atoms with Crippen LogP contribution in [0.15, 0.2) is 18.5 Å². The van der Waals surface area contributed by atoms with E-state index in [4.69, 9.17) is 4.74 Å². The van der Waals surface area contributed by atoms with Gasteiger partial charge in [0.2, 0.25) is 5.95 Å². The maximum atomic E-state index is 5.41. The van der Waals surface area contributed by atoms with Gasteiger partial charge in [-0.05, 0) is 31.9 Å². The Morgan fingerprint density at radius 2 is 2.05 bits per heavy atom. The second kappa shape index (κ2) is 6.79. The van der Waals surface area contributed by atoms with Crippen LogP contribution in [-0.4, -0.2) is 33.1 Å². The summed E-state index contributed by atoms with van der Waals surface area (Å²) in [5.41, 5.74) is 1.95. The molecular formula is C14H19N5O. The third-order valence-corrected chi connectivity index (χ3v) is 2.70. The molecule has 0 bridgehead atoms. The third kappa shape index (κ3) is 3.40. The predicted molar refractivity (Wildman–Crippen MR) is 77.7 cm³/mol. The molecule has 0 spiro atoms. The van der Waals surface area contributed by atoms with Gasteiger partial charge in [-0.1, -0.05) is 6.92 Å². The summed E-state index contributed by atoms with van der Waals surface area (Å²) >= 11 is 0. The average molecular weight is 273 g/mol. The smallest absolute Gasteiger partial charge is 0.321 e. The highest BCUT2D eigenvalue weighted by atomic mass is 16.5. The summed E-state index contributed by atoms with van der Waals surface area (Å²) in [4.78, 5) is 17.1. The number of hydrogen-bond donors (Lipinski definition) is 1. The van der Waals surface area contributed by atoms with Gasteiger partial charge in [0.15, 0.2) is 5.82 Å². The highest BCUT2D eigenvalue weighted by Crippen LogP contribution is 2.21. The minimum Gasteiger partial charge on any atom is -0.464 e. The van der Waals surface area contributed by atoms with Crippen molar-refractivity contribution in [1.82, 2.24) is 19.9 Å². The van der Waals surface area contributed by atoms with Gasteiger partial charge >= 0.3 is 6.01 Å². The van der Waals surface area contributed by atoms with Crippen molar-refractivity contribution in [1.29, 1.82) is 0 Å². The molecule has 0 amide bonds. The third-order valence-electron chi connectivity index (χ3n) is 2.70. The molecule has 2 heterocycles. The molecule has 2 rings (SSSR count). The van der Waals surface area contributed by atoms with E-state index in [0.717, 1.165) is 24.1 Å². The highest BCUT2D eigenvalue weighted by Gasteiger charge is 2.11. The maximum Gasteiger partial charge on any atom is 0.321 e. The molecular weight excluding hydrogens is 254 g/mol. The molecule has 0 aliphatic heterocycles. The number of anilines is 1. The molecule has 2 aromatic heterocycles. The molecule has 0 aliphatic rings. The van der Waals surface area contributed by atoms with Gasteiger partial charge in [-0.3, -0.25) is 4.98 Å². The van der Waals surface area contributed by atoms with Crippen LogP contribution in [0.4, 0.5) is 5.95 Å². The van der Waals surface area contributed by atoms with E-state index in [1.165, 1.54) is 0 Å². The fourth-order valence-corrected chi connectivity index (χ4v) is 1.68. The Bertz CT molecular complexity index is 573. The van der Waals surface area contributed by atoms with E-state index < -0.39 is 0 Å². The zero-order valence-corrected chi connectivity index (χ0v) is 12.1. The van der Waals surface area contributed by atoms with Crippen molar-refractivity contribution in [3.05, 3.63) is 24.0 Å². The predicted octanol–water partition coefficient (Wildman–Crippen LogP) is 2.46. The van der Waals surface area contributed by atoms with Crippen molar-refractivity contribution >= 4 is 5.95 Å². The van der Waals surface area contributed by atoms with Crippen LogP contribution >= 0.6 is 0 Å². The minimum atomic E-state index is 0.333. The topological polar surface area (TPSA) is 72.8 Å². The van der Waals surface area contributed by atoms with Crippen molar-refractivity contribution < 1.29 is 4.74 Å². The number of aromatic nitrogens is 4. The first-order valence-corrected chi connectivity index (χ1v) is 6.78. The number of rotatable bonds is 6. The molecule has 0 aliphatic carbocycles. The van der Waals surface area contributed by atoms with Crippen LogP contribution in [0, 0.1) is 6.92 Å². The van der Waals surface area contributed by atoms with Crippen LogP contribution in [0.5, 0.6) is 6.01 Å². The molecule has 0 atom stereocenters. The maximum absolute atomic E-state index is 5.41. The van der Waals surface area contributed by atoms with Crippen LogP contribution in [0.3, 0.4) is 0 Å². The molecule has 0 saturated heterocycles. The number of nitrogens with one attached hydrogen (secondary N) is 1. The first-order chi connectivity index (χ1) is 9.74. The zero-order valence-electron chi connectivity index (χ0n) is 12.1. The van der Waals surface area contributed by atoms with Gasteiger partial charge in [-0.2, -0.15) is 15.0 Å². The minimum absolute atomic E-state index is 0.333. The number of aryl methyl sites for hydroxylation is 1. The summed E-state index contributed by atoms with van der Waals surface area (Å²) in [5.74, 6) is 1.11. The SMILES string of the molecule is CCCNc1nc(OCC)nc(-c2cnccc2C)n1. The number of ether oxygens (including phenoxy) is 1. The fraction of sp³-hybridized carbons (Fsp3) is 0.429. The van der Waals surface area contributed by atoms with Gasteiger partial charge in [0, 0.05) is 24.5 Å². The molecule has 1 N–H and O–H groups in total. The van der Waals surface area contributed by atoms with E-state index >= 15 is 0 Å². The Hall–Kier alpha value is -2.24. The summed E-state index contributed by atoms with van der Waals surface area (Å²) in [7, 11) is 0. The van der Waals surface area contributed by atoms with E-state index in [2.05, 4.69) is 32.2 Å². The lowest BCUT2D eigenvalue weighted by Gasteiger charge is -2.09. The monoisotopic (exact) mass is 273 g/mol. The lowest BCUT2D eigenvalue weighted by molar-refractivity contribution is 0.312. The van der Waals surface area contributed by atoms with Crippen molar-refractivity contribution in [3.8, 4) is 17.4 Å². The second-order valence-electron chi connectivity index (χ2n) is 4.32. The van der Waals surface area contributed by atoms with E-state index in [1.54, 1.807) is 12.4 Å². The molecule has 106 valence electrons. The summed E-state index contributed by atoms with van der Waals surface area (Å²) in [6.07, 6.45) is 4.50. The van der Waals surface area contributed by atoms with Gasteiger partial charge < -0.3 is 10.1 Å². The van der Waals surface area contributed by atoms with Gasteiger partial charge in [-0.15, -0.1) is 0 Å². The van der Waals surface area contributed by atoms with E-state index in [1.807, 2.05) is 19.9 Å². The molecule has 0 fully saturated rings. The van der Waals surface area contributed by atoms with Crippen molar-refractivity contribution in [2.75, 3.05) is 18.5 Å². The Balaban J connectivity index is 2.40. The lowest BCUT2D eigenvalue weighted by atomic mass is 10.1. The van der Waals surface area contributed by atoms with Crippen LogP contribution in [0.25, 0.3) is 11.4 Å². The highest BCUT2D eigenvalue weighted by molar-refractivity contribution is 5.59. The Morgan fingerprint density at radius 1 is 1.20 bits per heavy atom. The Morgan fingerprint density at radius 3 is 2.75 bits per heavy atom. The van der Waals surface area contributed by atoms with Crippen LogP contribution in [0.1, 0.15) is 25.8 Å². The molecule has 6 nitrogen and oxygen atoms in total. The number of nitrogens with zero attached hydrogens (tertiary/aromatic N) is 4. The molecule has 6 heteroatoms. The number of hydrogen-bond acceptors (Lipinski definition) is 6. The zero-order chi connectivity index (χ0) is 14.4. The first-order valence-electron chi connectivity index (χ1n) is 6.78. The lowest BCUT2D eigenvalue weighted by Crippen LogP contribution is -2.09. The molecule has 0 unspecified atom stereocenters. The van der Waals surface area contributed by atoms with Crippen molar-refractivity contribution in [2.45, 2.75) is 27.2 Å². The van der Waals surface area contributed by atoms with E-state index in [-0.39, 0.29) is 0 Å². The quantitative estimate of drug-likeness (QED) is 0.871. The van der Waals surface area contributed by atoms with Crippen LogP contribution in [0.2, 0.25) is 0 Å². The van der Waals surface area contributed by atoms with E-state index in [9.17, 15) is 0 Å². The second-order valence-corrected chi connectivity index (χ2v) is 4.32. The molecule has 0 saturated carbocycles. The average Bonchev–Trinajstić information content (AvgIpc) is 2.46. The van der Waals surface area contributed by atoms with Gasteiger partial charge in [0.05, 0.1) is 6.61 Å². The van der Waals surface area contributed by atoms with Crippen molar-refractivity contribution in [3.63, 3.8) is 0 Å². The van der Waals surface area contributed by atoms with Gasteiger partial charge in [-0.25, -0.2) is 0 Å². The normalized spacial score (nSPS) is 10.3. The largest absolute Gasteiger partial charge is 0.464 e. The summed E-state index contributed by atoms with van der Waals surface area (Å²) in [6, 6.07) is 2.26. The standard InChI is InChI=1S/C14H19N5O/c1-4-7-16-13-17-12(18-14(19-13)20-5-2)11-9-15-8-6-10(11)3/h6,8-9H,4-5,7H2,1-3H3,(H,16,17,18,19). The molecule has 0 aromatic carbocycles. The Kier molecular flexibility index (Phi) is 4.81. The first kappa shape index (κ1) is 14.2. The van der Waals surface area contributed by atoms with Crippen LogP contribution < -0.4 is 10.1 Å². The molecule has 0 radical (unpaired) electrons. The van der Waals surface area contributed by atoms with E-state index in [0.29, 0.717) is 24.4 Å². The number of pyridine rings is 1. The van der Waals surface area contributed by atoms with Gasteiger partial charge in [0.25, 0.3) is 0 Å². The molecule has 20 heavy (non-hydrogen) atoms.